The first-order valence-electron chi connectivity index (χ1n) is 8.26. The molecule has 1 aromatic heterocycles. The molecule has 1 unspecified atom stereocenters. The van der Waals surface area contributed by atoms with Crippen LogP contribution in [0, 0.1) is 11.2 Å². The third-order valence-corrected chi connectivity index (χ3v) is 5.27. The minimum absolute atomic E-state index is 0.0458. The molecule has 2 saturated heterocycles. The Morgan fingerprint density at radius 2 is 2.13 bits per heavy atom. The Morgan fingerprint density at radius 3 is 2.83 bits per heavy atom. The van der Waals surface area contributed by atoms with E-state index in [1.54, 1.807) is 0 Å². The second-order valence-corrected chi connectivity index (χ2v) is 7.54. The zero-order chi connectivity index (χ0) is 16.6. The minimum atomic E-state index is -0.373. The lowest BCUT2D eigenvalue weighted by Crippen LogP contribution is -2.55. The summed E-state index contributed by atoms with van der Waals surface area (Å²) in [6, 6.07) is 1.52. The van der Waals surface area contributed by atoms with Crippen molar-refractivity contribution in [3.8, 4) is 0 Å². The zero-order valence-electron chi connectivity index (χ0n) is 13.7. The van der Waals surface area contributed by atoms with Gasteiger partial charge in [-0.15, -0.1) is 0 Å². The van der Waals surface area contributed by atoms with Crippen LogP contribution in [0.4, 0.5) is 10.2 Å². The van der Waals surface area contributed by atoms with Gasteiger partial charge in [-0.3, -0.25) is 4.79 Å². The molecule has 0 radical (unpaired) electrons. The maximum absolute atomic E-state index is 14.2. The van der Waals surface area contributed by atoms with Crippen LogP contribution >= 0.6 is 11.6 Å². The lowest BCUT2D eigenvalue weighted by molar-refractivity contribution is -0.140. The number of hydrogen-bond acceptors (Lipinski definition) is 3. The van der Waals surface area contributed by atoms with E-state index in [1.165, 1.54) is 12.3 Å². The second kappa shape index (κ2) is 6.27. The smallest absolute Gasteiger partial charge is 0.222 e. The monoisotopic (exact) mass is 339 g/mol. The van der Waals surface area contributed by atoms with Crippen molar-refractivity contribution >= 4 is 23.3 Å². The molecular weight excluding hydrogens is 317 g/mol. The van der Waals surface area contributed by atoms with Crippen molar-refractivity contribution in [2.45, 2.75) is 45.6 Å². The molecule has 2 fully saturated rings. The van der Waals surface area contributed by atoms with Gasteiger partial charge in [0.2, 0.25) is 5.91 Å². The summed E-state index contributed by atoms with van der Waals surface area (Å²) in [6.45, 7) is 6.41. The van der Waals surface area contributed by atoms with Crippen LogP contribution in [0.5, 0.6) is 0 Å². The molecule has 0 bridgehead atoms. The summed E-state index contributed by atoms with van der Waals surface area (Å²) in [5.41, 5.74) is 0.0458. The topological polar surface area (TPSA) is 36.4 Å². The molecule has 0 N–H and O–H groups in total. The molecule has 2 aliphatic heterocycles. The Hall–Kier alpha value is -1.36. The van der Waals surface area contributed by atoms with Crippen molar-refractivity contribution in [3.63, 3.8) is 0 Å². The first kappa shape index (κ1) is 16.5. The van der Waals surface area contributed by atoms with Crippen LogP contribution < -0.4 is 4.90 Å². The number of carbonyl (C=O) groups is 1. The Bertz CT molecular complexity index is 610. The van der Waals surface area contributed by atoms with Gasteiger partial charge in [-0.05, 0) is 39.2 Å². The van der Waals surface area contributed by atoms with E-state index in [2.05, 4.69) is 18.8 Å². The van der Waals surface area contributed by atoms with E-state index in [0.717, 1.165) is 38.9 Å². The molecule has 1 atom stereocenters. The predicted molar refractivity (Wildman–Crippen MR) is 89.2 cm³/mol. The summed E-state index contributed by atoms with van der Waals surface area (Å²) in [4.78, 5) is 20.3. The van der Waals surface area contributed by atoms with E-state index in [-0.39, 0.29) is 23.2 Å². The number of likely N-dealkylation sites (tertiary alicyclic amines) is 1. The summed E-state index contributed by atoms with van der Waals surface area (Å²) < 4.78 is 14.2. The molecular formula is C17H23ClFN3O. The fourth-order valence-corrected chi connectivity index (χ4v) is 4.02. The highest BCUT2D eigenvalue weighted by atomic mass is 35.5. The first-order valence-corrected chi connectivity index (χ1v) is 8.63. The Balaban J connectivity index is 1.81. The Labute approximate surface area is 141 Å². The molecule has 2 aliphatic rings. The zero-order valence-corrected chi connectivity index (χ0v) is 14.4. The lowest BCUT2D eigenvalue weighted by Gasteiger charge is -2.49. The number of halogens is 2. The van der Waals surface area contributed by atoms with Crippen molar-refractivity contribution in [3.05, 3.63) is 23.1 Å². The molecule has 23 heavy (non-hydrogen) atoms. The fraction of sp³-hybridized carbons (Fsp3) is 0.647. The number of aromatic nitrogens is 1. The van der Waals surface area contributed by atoms with Gasteiger partial charge < -0.3 is 9.80 Å². The first-order chi connectivity index (χ1) is 10.9. The minimum Gasteiger partial charge on any atom is -0.354 e. The average Bonchev–Trinajstić information content (AvgIpc) is 2.50. The average molecular weight is 340 g/mol. The van der Waals surface area contributed by atoms with E-state index >= 15 is 0 Å². The molecule has 0 aromatic carbocycles. The quantitative estimate of drug-likeness (QED) is 0.827. The molecule has 1 aromatic rings. The summed E-state index contributed by atoms with van der Waals surface area (Å²) in [5, 5.41) is 0.312. The Kier molecular flexibility index (Phi) is 4.50. The number of piperidine rings is 2. The largest absolute Gasteiger partial charge is 0.354 e. The van der Waals surface area contributed by atoms with E-state index < -0.39 is 0 Å². The van der Waals surface area contributed by atoms with Crippen molar-refractivity contribution in [1.82, 2.24) is 9.88 Å². The standard InChI is InChI=1S/C17H23ClFN3O/c1-12(2)22-11-17(6-4-15(22)23)5-3-7-21(10-17)16-14(19)8-13(18)9-20-16/h8-9,12H,3-7,10-11H2,1-2H3. The van der Waals surface area contributed by atoms with Crippen molar-refractivity contribution in [2.75, 3.05) is 24.5 Å². The third-order valence-electron chi connectivity index (χ3n) is 5.07. The number of pyridine rings is 1. The van der Waals surface area contributed by atoms with Gasteiger partial charge in [0.05, 0.1) is 5.02 Å². The van der Waals surface area contributed by atoms with Crippen LogP contribution in [-0.4, -0.2) is 41.5 Å². The fourth-order valence-electron chi connectivity index (χ4n) is 3.88. The van der Waals surface area contributed by atoms with Crippen LogP contribution in [0.25, 0.3) is 0 Å². The molecule has 3 heterocycles. The van der Waals surface area contributed by atoms with Gasteiger partial charge in [-0.2, -0.15) is 0 Å². The van der Waals surface area contributed by atoms with Gasteiger partial charge in [0.15, 0.2) is 11.6 Å². The lowest BCUT2D eigenvalue weighted by atomic mass is 9.73. The molecule has 4 nitrogen and oxygen atoms in total. The SMILES string of the molecule is CC(C)N1CC2(CCCN(c3ncc(Cl)cc3F)C2)CCC1=O. The van der Waals surface area contributed by atoms with Gasteiger partial charge in [-0.25, -0.2) is 9.37 Å². The van der Waals surface area contributed by atoms with Crippen LogP contribution in [-0.2, 0) is 4.79 Å². The van der Waals surface area contributed by atoms with Gasteiger partial charge in [-0.1, -0.05) is 11.6 Å². The van der Waals surface area contributed by atoms with Crippen LogP contribution in [0.3, 0.4) is 0 Å². The molecule has 1 spiro atoms. The van der Waals surface area contributed by atoms with Gasteiger partial charge in [0, 0.05) is 43.7 Å². The number of anilines is 1. The summed E-state index contributed by atoms with van der Waals surface area (Å²) in [5.74, 6) is 0.238. The molecule has 0 aliphatic carbocycles. The number of carbonyl (C=O) groups excluding carboxylic acids is 1. The van der Waals surface area contributed by atoms with Crippen molar-refractivity contribution < 1.29 is 9.18 Å². The molecule has 6 heteroatoms. The molecule has 1 amide bonds. The molecule has 0 saturated carbocycles. The highest BCUT2D eigenvalue weighted by Crippen LogP contribution is 2.40. The van der Waals surface area contributed by atoms with Crippen LogP contribution in [0.1, 0.15) is 39.5 Å². The van der Waals surface area contributed by atoms with Crippen molar-refractivity contribution in [1.29, 1.82) is 0 Å². The van der Waals surface area contributed by atoms with Gasteiger partial charge in [0.25, 0.3) is 0 Å². The highest BCUT2D eigenvalue weighted by molar-refractivity contribution is 6.30. The Morgan fingerprint density at radius 1 is 1.35 bits per heavy atom. The summed E-state index contributed by atoms with van der Waals surface area (Å²) >= 11 is 5.80. The van der Waals surface area contributed by atoms with E-state index in [0.29, 0.717) is 17.3 Å². The number of rotatable bonds is 2. The number of hydrogen-bond donors (Lipinski definition) is 0. The second-order valence-electron chi connectivity index (χ2n) is 7.10. The summed E-state index contributed by atoms with van der Waals surface area (Å²) in [6.07, 6.45) is 5.02. The third kappa shape index (κ3) is 3.30. The molecule has 3 rings (SSSR count). The van der Waals surface area contributed by atoms with E-state index in [9.17, 15) is 9.18 Å². The van der Waals surface area contributed by atoms with Gasteiger partial charge >= 0.3 is 0 Å². The number of amides is 1. The normalized spacial score (nSPS) is 25.5. The van der Waals surface area contributed by atoms with Crippen molar-refractivity contribution in [2.24, 2.45) is 5.41 Å². The maximum Gasteiger partial charge on any atom is 0.222 e. The molecule has 126 valence electrons. The van der Waals surface area contributed by atoms with E-state index in [1.807, 2.05) is 9.80 Å². The van der Waals surface area contributed by atoms with Gasteiger partial charge in [0.1, 0.15) is 0 Å². The van der Waals surface area contributed by atoms with Crippen LogP contribution in [0.2, 0.25) is 5.02 Å². The van der Waals surface area contributed by atoms with Crippen LogP contribution in [0.15, 0.2) is 12.3 Å². The maximum atomic E-state index is 14.2. The summed E-state index contributed by atoms with van der Waals surface area (Å²) in [7, 11) is 0. The number of nitrogens with zero attached hydrogens (tertiary/aromatic N) is 3. The predicted octanol–water partition coefficient (Wildman–Crippen LogP) is 3.49. The van der Waals surface area contributed by atoms with E-state index in [4.69, 9.17) is 11.6 Å². The highest BCUT2D eigenvalue weighted by Gasteiger charge is 2.42.